The molecule has 1 aromatic rings. The number of rotatable bonds is 6. The van der Waals surface area contributed by atoms with E-state index in [1.807, 2.05) is 0 Å². The monoisotopic (exact) mass is 492 g/mol. The fourth-order valence-electron chi connectivity index (χ4n) is 7.44. The summed E-state index contributed by atoms with van der Waals surface area (Å²) >= 11 is 3.24. The van der Waals surface area contributed by atoms with Crippen molar-refractivity contribution in [1.29, 1.82) is 0 Å². The average Bonchev–Trinajstić information content (AvgIpc) is 3.25. The molecule has 3 N–H and O–H groups in total. The number of carboxylic acid groups (broad SMARTS) is 1. The van der Waals surface area contributed by atoms with Crippen LogP contribution in [0.15, 0.2) is 22.7 Å². The van der Waals surface area contributed by atoms with Crippen molar-refractivity contribution in [3.8, 4) is 0 Å². The van der Waals surface area contributed by atoms with Gasteiger partial charge >= 0.3 is 5.97 Å². The third kappa shape index (κ3) is 3.62. The van der Waals surface area contributed by atoms with E-state index in [1.165, 1.54) is 25.3 Å². The smallest absolute Gasteiger partial charge is 0.307 e. The molecule has 1 saturated heterocycles. The molecule has 1 spiro atoms. The summed E-state index contributed by atoms with van der Waals surface area (Å²) in [5.41, 5.74) is 0.468. The topological polar surface area (TPSA) is 78.4 Å². The maximum atomic E-state index is 14.2. The Kier molecular flexibility index (Phi) is 5.62. The zero-order valence-electron chi connectivity index (χ0n) is 17.6. The van der Waals surface area contributed by atoms with Gasteiger partial charge in [0.05, 0.1) is 11.8 Å². The van der Waals surface area contributed by atoms with Gasteiger partial charge in [-0.15, -0.1) is 0 Å². The minimum Gasteiger partial charge on any atom is -0.481 e. The molecule has 168 valence electrons. The Hall–Kier alpha value is -1.47. The molecule has 0 aromatic heterocycles. The lowest BCUT2D eigenvalue weighted by Gasteiger charge is -2.27. The first kappa shape index (κ1) is 21.4. The zero-order valence-corrected chi connectivity index (χ0v) is 19.2. The molecule has 5 rings (SSSR count). The Morgan fingerprint density at radius 1 is 1.16 bits per heavy atom. The summed E-state index contributed by atoms with van der Waals surface area (Å²) in [6.07, 6.45) is 6.54. The van der Waals surface area contributed by atoms with E-state index in [9.17, 15) is 19.1 Å². The average molecular weight is 493 g/mol. The Bertz CT molecular complexity index is 890. The van der Waals surface area contributed by atoms with Crippen LogP contribution in [0.3, 0.4) is 0 Å². The van der Waals surface area contributed by atoms with Crippen molar-refractivity contribution >= 4 is 27.8 Å². The number of carbonyl (C=O) groups excluding carboxylic acids is 1. The molecule has 31 heavy (non-hydrogen) atoms. The SMILES string of the molecule is O=C(O)[C@H]1[C@H](C(=O)NCc2ccc(Br)cc2F)[C@@H]2CC[C@H]1C21CC1CC1CCNCC1. The fraction of sp³-hybridized carbons (Fsp3) is 0.667. The van der Waals surface area contributed by atoms with Crippen molar-refractivity contribution < 1.29 is 19.1 Å². The first-order valence-corrected chi connectivity index (χ1v) is 12.4. The molecule has 0 radical (unpaired) electrons. The van der Waals surface area contributed by atoms with E-state index in [4.69, 9.17) is 0 Å². The quantitative estimate of drug-likeness (QED) is 0.561. The van der Waals surface area contributed by atoms with Crippen LogP contribution in [0.4, 0.5) is 4.39 Å². The van der Waals surface area contributed by atoms with Gasteiger partial charge in [0.15, 0.2) is 0 Å². The maximum absolute atomic E-state index is 14.2. The van der Waals surface area contributed by atoms with Crippen molar-refractivity contribution in [2.45, 2.75) is 45.1 Å². The summed E-state index contributed by atoms with van der Waals surface area (Å²) in [4.78, 5) is 25.4. The number of carboxylic acids is 1. The summed E-state index contributed by atoms with van der Waals surface area (Å²) in [5.74, 6) is -0.972. The molecule has 1 heterocycles. The molecule has 3 saturated carbocycles. The van der Waals surface area contributed by atoms with E-state index in [2.05, 4.69) is 26.6 Å². The van der Waals surface area contributed by atoms with Crippen LogP contribution in [0.2, 0.25) is 0 Å². The van der Waals surface area contributed by atoms with Crippen molar-refractivity contribution in [3.63, 3.8) is 0 Å². The van der Waals surface area contributed by atoms with Gasteiger partial charge < -0.3 is 15.7 Å². The first-order chi connectivity index (χ1) is 14.9. The first-order valence-electron chi connectivity index (χ1n) is 11.6. The van der Waals surface area contributed by atoms with Crippen molar-refractivity contribution in [3.05, 3.63) is 34.1 Å². The number of halogens is 2. The molecule has 3 aliphatic carbocycles. The molecule has 7 heteroatoms. The van der Waals surface area contributed by atoms with E-state index in [-0.39, 0.29) is 35.5 Å². The van der Waals surface area contributed by atoms with Crippen LogP contribution < -0.4 is 10.6 Å². The van der Waals surface area contributed by atoms with Crippen LogP contribution in [0.1, 0.15) is 44.1 Å². The highest BCUT2D eigenvalue weighted by Crippen LogP contribution is 2.78. The number of carbonyl (C=O) groups is 2. The highest BCUT2D eigenvalue weighted by molar-refractivity contribution is 9.10. The van der Waals surface area contributed by atoms with E-state index < -0.39 is 17.8 Å². The van der Waals surface area contributed by atoms with Gasteiger partial charge in [-0.25, -0.2) is 4.39 Å². The molecule has 4 aliphatic rings. The molecule has 1 amide bonds. The lowest BCUT2D eigenvalue weighted by molar-refractivity contribution is -0.149. The number of hydrogen-bond donors (Lipinski definition) is 3. The van der Waals surface area contributed by atoms with Gasteiger partial charge in [0.2, 0.25) is 5.91 Å². The minimum absolute atomic E-state index is 0.0544. The highest BCUT2D eigenvalue weighted by Gasteiger charge is 2.75. The number of piperidine rings is 1. The molecule has 5 nitrogen and oxygen atoms in total. The summed E-state index contributed by atoms with van der Waals surface area (Å²) in [6.45, 7) is 2.24. The van der Waals surface area contributed by atoms with Gasteiger partial charge in [0, 0.05) is 16.6 Å². The number of hydrogen-bond acceptors (Lipinski definition) is 3. The van der Waals surface area contributed by atoms with Crippen LogP contribution in [-0.2, 0) is 16.1 Å². The van der Waals surface area contributed by atoms with Gasteiger partial charge in [-0.3, -0.25) is 9.59 Å². The zero-order chi connectivity index (χ0) is 21.8. The largest absolute Gasteiger partial charge is 0.481 e. The summed E-state index contributed by atoms with van der Waals surface area (Å²) < 4.78 is 14.8. The molecule has 4 fully saturated rings. The van der Waals surface area contributed by atoms with Crippen molar-refractivity contribution in [1.82, 2.24) is 10.6 Å². The number of benzene rings is 1. The minimum atomic E-state index is -0.839. The lowest BCUT2D eigenvalue weighted by Crippen LogP contribution is -2.41. The Balaban J connectivity index is 1.30. The lowest BCUT2D eigenvalue weighted by atomic mass is 9.78. The molecule has 1 aromatic carbocycles. The number of nitrogens with one attached hydrogen (secondary N) is 2. The second kappa shape index (κ2) is 8.14. The predicted octanol–water partition coefficient (Wildman–Crippen LogP) is 3.96. The van der Waals surface area contributed by atoms with Crippen LogP contribution >= 0.6 is 15.9 Å². The van der Waals surface area contributed by atoms with Gasteiger partial charge in [0.1, 0.15) is 5.82 Å². The van der Waals surface area contributed by atoms with Gasteiger partial charge in [0.25, 0.3) is 0 Å². The van der Waals surface area contributed by atoms with Crippen LogP contribution in [-0.4, -0.2) is 30.1 Å². The molecule has 2 unspecified atom stereocenters. The molecule has 6 atom stereocenters. The predicted molar refractivity (Wildman–Crippen MR) is 118 cm³/mol. The Morgan fingerprint density at radius 2 is 1.87 bits per heavy atom. The van der Waals surface area contributed by atoms with E-state index in [1.54, 1.807) is 12.1 Å². The third-order valence-corrected chi connectivity index (χ3v) is 9.25. The number of aliphatic carboxylic acids is 1. The van der Waals surface area contributed by atoms with E-state index >= 15 is 0 Å². The Morgan fingerprint density at radius 3 is 2.55 bits per heavy atom. The van der Waals surface area contributed by atoms with Crippen LogP contribution in [0, 0.1) is 46.7 Å². The fourth-order valence-corrected chi connectivity index (χ4v) is 7.77. The second-order valence-corrected chi connectivity index (χ2v) is 11.0. The normalized spacial score (nSPS) is 36.6. The highest BCUT2D eigenvalue weighted by atomic mass is 79.9. The van der Waals surface area contributed by atoms with E-state index in [0.717, 1.165) is 38.3 Å². The maximum Gasteiger partial charge on any atom is 0.307 e. The molecular weight excluding hydrogens is 463 g/mol. The summed E-state index contributed by atoms with van der Waals surface area (Å²) in [5, 5.41) is 16.3. The Labute approximate surface area is 190 Å². The number of amides is 1. The summed E-state index contributed by atoms with van der Waals surface area (Å²) in [6, 6.07) is 4.77. The van der Waals surface area contributed by atoms with Crippen molar-refractivity contribution in [2.24, 2.45) is 40.9 Å². The third-order valence-electron chi connectivity index (χ3n) is 8.76. The van der Waals surface area contributed by atoms with E-state index in [0.29, 0.717) is 16.0 Å². The standard InChI is InChI=1S/C24H30BrFN2O3/c25-16-2-1-14(19(26)10-16)12-28-22(29)20-17-3-4-18(21(20)23(30)31)24(17)11-15(24)9-13-5-7-27-8-6-13/h1-2,10,13,15,17-18,20-21,27H,3-9,11-12H2,(H,28,29)(H,30,31)/t15?,17-,18+,20+,21+,24?/m0/s1. The summed E-state index contributed by atoms with van der Waals surface area (Å²) in [7, 11) is 0. The van der Waals surface area contributed by atoms with Gasteiger partial charge in [-0.2, -0.15) is 0 Å². The van der Waals surface area contributed by atoms with Gasteiger partial charge in [-0.1, -0.05) is 22.0 Å². The van der Waals surface area contributed by atoms with Gasteiger partial charge in [-0.05, 0) is 92.8 Å². The molecule has 2 bridgehead atoms. The molecule has 1 aliphatic heterocycles. The van der Waals surface area contributed by atoms with Crippen LogP contribution in [0.25, 0.3) is 0 Å². The molecular formula is C24H30BrFN2O3. The van der Waals surface area contributed by atoms with Crippen LogP contribution in [0.5, 0.6) is 0 Å². The second-order valence-electron chi connectivity index (χ2n) is 10.1. The van der Waals surface area contributed by atoms with Crippen molar-refractivity contribution in [2.75, 3.05) is 13.1 Å².